The molecule has 7 heteroatoms. The molecule has 7 nitrogen and oxygen atoms in total. The fraction of sp³-hybridized carbons (Fsp3) is 0.364. The van der Waals surface area contributed by atoms with Gasteiger partial charge in [-0.25, -0.2) is 5.48 Å². The molecule has 3 N–H and O–H groups in total. The van der Waals surface area contributed by atoms with Gasteiger partial charge in [-0.1, -0.05) is 41.5 Å². The Morgan fingerprint density at radius 1 is 1.24 bits per heavy atom. The summed E-state index contributed by atoms with van der Waals surface area (Å²) in [4.78, 5) is 26.0. The molecule has 2 aromatic rings. The average molecular weight is 397 g/mol. The van der Waals surface area contributed by atoms with Gasteiger partial charge in [0.1, 0.15) is 23.9 Å². The number of benzene rings is 2. The van der Waals surface area contributed by atoms with Crippen LogP contribution in [0.4, 0.5) is 0 Å². The molecule has 29 heavy (non-hydrogen) atoms. The van der Waals surface area contributed by atoms with Crippen LogP contribution in [0.1, 0.15) is 36.1 Å². The number of aryl methyl sites for hydroxylation is 2. The third kappa shape index (κ3) is 4.26. The first-order chi connectivity index (χ1) is 13.7. The number of rotatable bonds is 6. The molecule has 1 heterocycles. The molecule has 0 aromatic heterocycles. The van der Waals surface area contributed by atoms with Crippen molar-refractivity contribution in [3.05, 3.63) is 64.7 Å². The van der Waals surface area contributed by atoms with Crippen LogP contribution < -0.4 is 15.5 Å². The van der Waals surface area contributed by atoms with E-state index in [-0.39, 0.29) is 12.6 Å². The van der Waals surface area contributed by atoms with Crippen molar-refractivity contribution < 1.29 is 19.5 Å². The van der Waals surface area contributed by atoms with Crippen molar-refractivity contribution in [2.24, 2.45) is 0 Å². The van der Waals surface area contributed by atoms with Crippen molar-refractivity contribution in [1.82, 2.24) is 15.7 Å². The highest BCUT2D eigenvalue weighted by molar-refractivity contribution is 5.93. The highest BCUT2D eigenvalue weighted by Crippen LogP contribution is 2.30. The van der Waals surface area contributed by atoms with Crippen LogP contribution in [0, 0.1) is 13.8 Å². The molecule has 154 valence electrons. The van der Waals surface area contributed by atoms with Crippen LogP contribution in [0.3, 0.4) is 0 Å². The molecule has 1 aliphatic heterocycles. The standard InChI is InChI=1S/C22H27N3O4/c1-14-9-15(2)11-17(10-14)12-29-19-7-5-18(6-8-19)22(4)21(27)25(13-23-22)16(3)20(26)24-28/h5-11,16,23,28H,12-13H2,1-4H3,(H,24,26)/t16-,22?/m1/s1. The van der Waals surface area contributed by atoms with Gasteiger partial charge < -0.3 is 9.64 Å². The summed E-state index contributed by atoms with van der Waals surface area (Å²) in [6, 6.07) is 12.9. The number of ether oxygens (including phenoxy) is 1. The van der Waals surface area contributed by atoms with Gasteiger partial charge in [-0.05, 0) is 51.0 Å². The molecule has 0 bridgehead atoms. The summed E-state index contributed by atoms with van der Waals surface area (Å²) in [5.74, 6) is -0.135. The van der Waals surface area contributed by atoms with E-state index >= 15 is 0 Å². The molecule has 2 amide bonds. The second kappa shape index (κ2) is 8.23. The van der Waals surface area contributed by atoms with Crippen LogP contribution in [0.25, 0.3) is 0 Å². The Labute approximate surface area is 170 Å². The second-order valence-electron chi connectivity index (χ2n) is 7.70. The Hall–Kier alpha value is -2.90. The maximum atomic E-state index is 12.9. The maximum absolute atomic E-state index is 12.9. The van der Waals surface area contributed by atoms with E-state index in [0.29, 0.717) is 12.4 Å². The zero-order chi connectivity index (χ0) is 21.2. The summed E-state index contributed by atoms with van der Waals surface area (Å²) in [6.45, 7) is 8.16. The third-order valence-corrected chi connectivity index (χ3v) is 5.37. The maximum Gasteiger partial charge on any atom is 0.265 e. The van der Waals surface area contributed by atoms with E-state index in [2.05, 4.69) is 37.4 Å². The molecule has 0 aliphatic carbocycles. The Morgan fingerprint density at radius 2 is 1.86 bits per heavy atom. The number of hydroxylamine groups is 1. The summed E-state index contributed by atoms with van der Waals surface area (Å²) in [5.41, 5.74) is 4.93. The molecule has 0 spiro atoms. The summed E-state index contributed by atoms with van der Waals surface area (Å²) in [5, 5.41) is 12.0. The Morgan fingerprint density at radius 3 is 2.45 bits per heavy atom. The van der Waals surface area contributed by atoms with Gasteiger partial charge in [-0.3, -0.25) is 20.1 Å². The van der Waals surface area contributed by atoms with E-state index in [1.165, 1.54) is 16.0 Å². The van der Waals surface area contributed by atoms with Crippen LogP contribution >= 0.6 is 0 Å². The van der Waals surface area contributed by atoms with Gasteiger partial charge >= 0.3 is 0 Å². The Bertz CT molecular complexity index is 893. The fourth-order valence-corrected chi connectivity index (χ4v) is 3.65. The van der Waals surface area contributed by atoms with Crippen LogP contribution in [0.2, 0.25) is 0 Å². The van der Waals surface area contributed by atoms with Crippen molar-refractivity contribution in [3.8, 4) is 5.75 Å². The number of nitrogens with one attached hydrogen (secondary N) is 2. The first-order valence-electron chi connectivity index (χ1n) is 9.55. The van der Waals surface area contributed by atoms with Gasteiger partial charge in [0.25, 0.3) is 5.91 Å². The minimum Gasteiger partial charge on any atom is -0.489 e. The lowest BCUT2D eigenvalue weighted by Gasteiger charge is -2.26. The summed E-state index contributed by atoms with van der Waals surface area (Å²) in [7, 11) is 0. The quantitative estimate of drug-likeness (QED) is 0.514. The lowest BCUT2D eigenvalue weighted by molar-refractivity contribution is -0.143. The van der Waals surface area contributed by atoms with Crippen molar-refractivity contribution in [3.63, 3.8) is 0 Å². The highest BCUT2D eigenvalue weighted by Gasteiger charge is 2.46. The average Bonchev–Trinajstić information content (AvgIpc) is 3.00. The Balaban J connectivity index is 1.69. The minimum absolute atomic E-state index is 0.217. The highest BCUT2D eigenvalue weighted by atomic mass is 16.5. The lowest BCUT2D eigenvalue weighted by atomic mass is 9.92. The number of carbonyl (C=O) groups excluding carboxylic acids is 2. The van der Waals surface area contributed by atoms with Crippen LogP contribution in [0.15, 0.2) is 42.5 Å². The van der Waals surface area contributed by atoms with Gasteiger partial charge in [-0.15, -0.1) is 0 Å². The molecule has 0 saturated carbocycles. The van der Waals surface area contributed by atoms with E-state index in [9.17, 15) is 9.59 Å². The molecular weight excluding hydrogens is 370 g/mol. The molecule has 1 unspecified atom stereocenters. The zero-order valence-electron chi connectivity index (χ0n) is 17.2. The fourth-order valence-electron chi connectivity index (χ4n) is 3.65. The van der Waals surface area contributed by atoms with Crippen molar-refractivity contribution in [1.29, 1.82) is 0 Å². The predicted molar refractivity (Wildman–Crippen MR) is 108 cm³/mol. The monoisotopic (exact) mass is 397 g/mol. The summed E-state index contributed by atoms with van der Waals surface area (Å²) < 4.78 is 5.89. The van der Waals surface area contributed by atoms with E-state index in [4.69, 9.17) is 9.94 Å². The van der Waals surface area contributed by atoms with Gasteiger partial charge in [0.15, 0.2) is 0 Å². The second-order valence-corrected chi connectivity index (χ2v) is 7.70. The molecule has 2 aromatic carbocycles. The lowest BCUT2D eigenvalue weighted by Crippen LogP contribution is -2.47. The number of nitrogens with zero attached hydrogens (tertiary/aromatic N) is 1. The third-order valence-electron chi connectivity index (χ3n) is 5.37. The van der Waals surface area contributed by atoms with Crippen LogP contribution in [0.5, 0.6) is 5.75 Å². The first-order valence-corrected chi connectivity index (χ1v) is 9.55. The molecule has 1 aliphatic rings. The molecule has 2 atom stereocenters. The summed E-state index contributed by atoms with van der Waals surface area (Å²) in [6.07, 6.45) is 0. The SMILES string of the molecule is Cc1cc(C)cc(COc2ccc(C3(C)NCN([C@H](C)C(=O)NO)C3=O)cc2)c1. The Kier molecular flexibility index (Phi) is 5.91. The van der Waals surface area contributed by atoms with Gasteiger partial charge in [0, 0.05) is 0 Å². The molecule has 0 radical (unpaired) electrons. The van der Waals surface area contributed by atoms with E-state index in [1.807, 2.05) is 24.3 Å². The predicted octanol–water partition coefficient (Wildman–Crippen LogP) is 2.38. The van der Waals surface area contributed by atoms with Crippen molar-refractivity contribution in [2.75, 3.05) is 6.67 Å². The van der Waals surface area contributed by atoms with E-state index < -0.39 is 17.5 Å². The zero-order valence-corrected chi connectivity index (χ0v) is 17.2. The van der Waals surface area contributed by atoms with Gasteiger partial charge in [0.2, 0.25) is 5.91 Å². The van der Waals surface area contributed by atoms with Gasteiger partial charge in [-0.2, -0.15) is 0 Å². The normalized spacial score (nSPS) is 19.9. The van der Waals surface area contributed by atoms with E-state index in [1.54, 1.807) is 19.3 Å². The molecule has 3 rings (SSSR count). The minimum atomic E-state index is -0.948. The largest absolute Gasteiger partial charge is 0.489 e. The van der Waals surface area contributed by atoms with Crippen molar-refractivity contribution >= 4 is 11.8 Å². The smallest absolute Gasteiger partial charge is 0.265 e. The van der Waals surface area contributed by atoms with Crippen LogP contribution in [-0.4, -0.2) is 34.6 Å². The molecule has 1 fully saturated rings. The van der Waals surface area contributed by atoms with E-state index in [0.717, 1.165) is 11.1 Å². The molecular formula is C22H27N3O4. The van der Waals surface area contributed by atoms with Crippen LogP contribution in [-0.2, 0) is 21.7 Å². The number of hydrogen-bond acceptors (Lipinski definition) is 5. The first kappa shape index (κ1) is 20.8. The number of hydrogen-bond donors (Lipinski definition) is 3. The number of amides is 2. The van der Waals surface area contributed by atoms with Gasteiger partial charge in [0.05, 0.1) is 6.67 Å². The number of carbonyl (C=O) groups is 2. The molecule has 1 saturated heterocycles. The topological polar surface area (TPSA) is 90.9 Å². The van der Waals surface area contributed by atoms with Crippen molar-refractivity contribution in [2.45, 2.75) is 45.9 Å². The summed E-state index contributed by atoms with van der Waals surface area (Å²) >= 11 is 0.